The van der Waals surface area contributed by atoms with Crippen LogP contribution in [0.2, 0.25) is 5.02 Å². The van der Waals surface area contributed by atoms with Crippen molar-refractivity contribution in [1.29, 1.82) is 0 Å². The molecule has 1 saturated heterocycles. The number of carbonyl (C=O) groups excluding carboxylic acids is 1. The number of nitrogens with two attached hydrogens (primary N) is 1. The van der Waals surface area contributed by atoms with Gasteiger partial charge in [0, 0.05) is 40.4 Å². The molecule has 2 aromatic carbocycles. The zero-order valence-electron chi connectivity index (χ0n) is 20.0. The van der Waals surface area contributed by atoms with E-state index in [-0.39, 0.29) is 36.0 Å². The monoisotopic (exact) mass is 526 g/mol. The maximum Gasteiger partial charge on any atom is 0.259 e. The van der Waals surface area contributed by atoms with E-state index in [0.29, 0.717) is 34.8 Å². The minimum absolute atomic E-state index is 0.0520. The van der Waals surface area contributed by atoms with Crippen LogP contribution in [-0.2, 0) is 21.4 Å². The molecule has 5 rings (SSSR count). The topological polar surface area (TPSA) is 125 Å². The highest BCUT2D eigenvalue weighted by molar-refractivity contribution is 7.89. The molecule has 188 valence electrons. The number of amides is 1. The van der Waals surface area contributed by atoms with Crippen LogP contribution >= 0.6 is 11.6 Å². The number of anilines is 1. The minimum atomic E-state index is -3.91. The smallest absolute Gasteiger partial charge is 0.259 e. The molecule has 0 saturated carbocycles. The maximum atomic E-state index is 13.5. The molecule has 9 nitrogen and oxygen atoms in total. The standard InChI is InChI=1S/C25H27ClN6O3S/c1-15(2)7-19-12-31(36(34,35)23-9-17-4-5-18(26)10-21(17)30-23)13-24(33)32(19)11-16-3-6-20-22(8-16)28-14-29-25(20)27/h3-6,8-10,14-15,19,30H,7,11-13H2,1-2H3,(H2,27,28,29)/t19-/m0/s1. The third kappa shape index (κ3) is 4.63. The Bertz CT molecular complexity index is 1570. The van der Waals surface area contributed by atoms with E-state index in [1.165, 1.54) is 10.6 Å². The van der Waals surface area contributed by atoms with Gasteiger partial charge in [-0.2, -0.15) is 4.31 Å². The number of aromatic nitrogens is 3. The van der Waals surface area contributed by atoms with E-state index in [0.717, 1.165) is 16.3 Å². The van der Waals surface area contributed by atoms with Crippen molar-refractivity contribution < 1.29 is 13.2 Å². The number of hydrogen-bond acceptors (Lipinski definition) is 6. The van der Waals surface area contributed by atoms with Crippen molar-refractivity contribution in [2.45, 2.75) is 37.9 Å². The number of carbonyl (C=O) groups is 1. The summed E-state index contributed by atoms with van der Waals surface area (Å²) in [6.07, 6.45) is 2.08. The number of aromatic amines is 1. The first-order chi connectivity index (χ1) is 17.1. The van der Waals surface area contributed by atoms with Crippen LogP contribution in [0.4, 0.5) is 5.82 Å². The Hall–Kier alpha value is -3.21. The van der Waals surface area contributed by atoms with E-state index in [1.54, 1.807) is 29.2 Å². The zero-order valence-corrected chi connectivity index (χ0v) is 21.6. The van der Waals surface area contributed by atoms with Crippen LogP contribution in [0.15, 0.2) is 53.8 Å². The van der Waals surface area contributed by atoms with E-state index in [2.05, 4.69) is 28.8 Å². The summed E-state index contributed by atoms with van der Waals surface area (Å²) in [6, 6.07) is 12.1. The van der Waals surface area contributed by atoms with Gasteiger partial charge in [-0.05, 0) is 48.2 Å². The quantitative estimate of drug-likeness (QED) is 0.393. The molecular formula is C25H27ClN6O3S. The second kappa shape index (κ2) is 9.34. The Labute approximate surface area is 214 Å². The second-order valence-corrected chi connectivity index (χ2v) is 11.9. The van der Waals surface area contributed by atoms with Crippen LogP contribution in [0.25, 0.3) is 21.8 Å². The van der Waals surface area contributed by atoms with Gasteiger partial charge in [0.15, 0.2) is 0 Å². The van der Waals surface area contributed by atoms with Crippen molar-refractivity contribution in [2.75, 3.05) is 18.8 Å². The van der Waals surface area contributed by atoms with E-state index in [4.69, 9.17) is 17.3 Å². The van der Waals surface area contributed by atoms with Crippen molar-refractivity contribution in [3.8, 4) is 0 Å². The number of benzene rings is 2. The van der Waals surface area contributed by atoms with Gasteiger partial charge < -0.3 is 15.6 Å². The Morgan fingerprint density at radius 1 is 1.17 bits per heavy atom. The Balaban J connectivity index is 1.43. The lowest BCUT2D eigenvalue weighted by Crippen LogP contribution is -2.57. The molecule has 1 fully saturated rings. The van der Waals surface area contributed by atoms with Gasteiger partial charge in [-0.3, -0.25) is 4.79 Å². The minimum Gasteiger partial charge on any atom is -0.383 e. The largest absolute Gasteiger partial charge is 0.383 e. The van der Waals surface area contributed by atoms with Gasteiger partial charge in [0.1, 0.15) is 17.2 Å². The molecule has 11 heteroatoms. The SMILES string of the molecule is CC(C)C[C@H]1CN(S(=O)(=O)c2cc3ccc(Cl)cc3[nH]2)CC(=O)N1Cc1ccc2c(N)ncnc2c1. The summed E-state index contributed by atoms with van der Waals surface area (Å²) in [5.41, 5.74) is 8.17. The average molecular weight is 527 g/mol. The number of halogens is 1. The number of nitrogens with one attached hydrogen (secondary N) is 1. The van der Waals surface area contributed by atoms with Crippen LogP contribution in [0.3, 0.4) is 0 Å². The Morgan fingerprint density at radius 2 is 1.97 bits per heavy atom. The number of fused-ring (bicyclic) bond motifs is 2. The molecule has 3 N–H and O–H groups in total. The third-order valence-corrected chi connectivity index (χ3v) is 8.46. The zero-order chi connectivity index (χ0) is 25.6. The summed E-state index contributed by atoms with van der Waals surface area (Å²) >= 11 is 6.06. The van der Waals surface area contributed by atoms with Crippen LogP contribution in [-0.4, -0.2) is 57.6 Å². The van der Waals surface area contributed by atoms with Gasteiger partial charge in [-0.1, -0.05) is 37.6 Å². The first-order valence-corrected chi connectivity index (χ1v) is 13.5. The van der Waals surface area contributed by atoms with E-state index < -0.39 is 10.0 Å². The van der Waals surface area contributed by atoms with Crippen molar-refractivity contribution >= 4 is 55.2 Å². The lowest BCUT2D eigenvalue weighted by molar-refractivity contribution is -0.138. The third-order valence-electron chi connectivity index (χ3n) is 6.49. The lowest BCUT2D eigenvalue weighted by atomic mass is 9.99. The molecule has 0 unspecified atom stereocenters. The molecule has 0 spiro atoms. The summed E-state index contributed by atoms with van der Waals surface area (Å²) in [7, 11) is -3.91. The van der Waals surface area contributed by atoms with Crippen LogP contribution < -0.4 is 5.73 Å². The van der Waals surface area contributed by atoms with E-state index in [9.17, 15) is 13.2 Å². The molecule has 0 bridgehead atoms. The number of piperazine rings is 1. The van der Waals surface area contributed by atoms with Crippen LogP contribution in [0.1, 0.15) is 25.8 Å². The highest BCUT2D eigenvalue weighted by atomic mass is 35.5. The van der Waals surface area contributed by atoms with Gasteiger partial charge in [0.2, 0.25) is 5.91 Å². The number of nitrogen functional groups attached to an aromatic ring is 1. The lowest BCUT2D eigenvalue weighted by Gasteiger charge is -2.41. The highest BCUT2D eigenvalue weighted by Gasteiger charge is 2.39. The van der Waals surface area contributed by atoms with Gasteiger partial charge in [-0.25, -0.2) is 18.4 Å². The van der Waals surface area contributed by atoms with Crippen molar-refractivity contribution in [3.63, 3.8) is 0 Å². The summed E-state index contributed by atoms with van der Waals surface area (Å²) in [6.45, 7) is 4.47. The summed E-state index contributed by atoms with van der Waals surface area (Å²) < 4.78 is 28.3. The van der Waals surface area contributed by atoms with Crippen LogP contribution in [0, 0.1) is 5.92 Å². The predicted octanol–water partition coefficient (Wildman–Crippen LogP) is 3.79. The summed E-state index contributed by atoms with van der Waals surface area (Å²) in [5.74, 6) is 0.433. The molecule has 1 aliphatic rings. The van der Waals surface area contributed by atoms with Crippen molar-refractivity contribution in [1.82, 2.24) is 24.2 Å². The fourth-order valence-electron chi connectivity index (χ4n) is 4.76. The molecule has 36 heavy (non-hydrogen) atoms. The van der Waals surface area contributed by atoms with Crippen molar-refractivity contribution in [2.24, 2.45) is 5.92 Å². The average Bonchev–Trinajstić information content (AvgIpc) is 3.25. The highest BCUT2D eigenvalue weighted by Crippen LogP contribution is 2.28. The van der Waals surface area contributed by atoms with E-state index >= 15 is 0 Å². The maximum absolute atomic E-state index is 13.5. The summed E-state index contributed by atoms with van der Waals surface area (Å²) in [4.78, 5) is 26.4. The molecule has 0 radical (unpaired) electrons. The molecule has 1 amide bonds. The number of rotatable bonds is 6. The normalized spacial score (nSPS) is 17.5. The molecular weight excluding hydrogens is 500 g/mol. The fraction of sp³-hybridized carbons (Fsp3) is 0.320. The van der Waals surface area contributed by atoms with Gasteiger partial charge in [0.05, 0.1) is 12.1 Å². The van der Waals surface area contributed by atoms with Gasteiger partial charge in [-0.15, -0.1) is 0 Å². The molecule has 2 aromatic heterocycles. The molecule has 1 atom stereocenters. The summed E-state index contributed by atoms with van der Waals surface area (Å²) in [5, 5.41) is 2.05. The Kier molecular flexibility index (Phi) is 6.36. The molecule has 1 aliphatic heterocycles. The number of hydrogen-bond donors (Lipinski definition) is 2. The first kappa shape index (κ1) is 24.5. The van der Waals surface area contributed by atoms with Gasteiger partial charge in [0.25, 0.3) is 10.0 Å². The molecule has 4 aromatic rings. The number of H-pyrrole nitrogens is 1. The molecule has 0 aliphatic carbocycles. The molecule has 3 heterocycles. The van der Waals surface area contributed by atoms with Gasteiger partial charge >= 0.3 is 0 Å². The fourth-order valence-corrected chi connectivity index (χ4v) is 6.37. The van der Waals surface area contributed by atoms with E-state index in [1.807, 2.05) is 18.2 Å². The predicted molar refractivity (Wildman–Crippen MR) is 140 cm³/mol. The first-order valence-electron chi connectivity index (χ1n) is 11.7. The number of sulfonamides is 1. The van der Waals surface area contributed by atoms with Crippen molar-refractivity contribution in [3.05, 3.63) is 59.4 Å². The Morgan fingerprint density at radius 3 is 2.75 bits per heavy atom. The van der Waals surface area contributed by atoms with Crippen LogP contribution in [0.5, 0.6) is 0 Å². The second-order valence-electron chi connectivity index (χ2n) is 9.58. The number of nitrogens with zero attached hydrogens (tertiary/aromatic N) is 4.